The monoisotopic (exact) mass is 204 g/mol. The van der Waals surface area contributed by atoms with Crippen molar-refractivity contribution >= 4 is 17.7 Å². The first-order chi connectivity index (χ1) is 6.11. The number of carbonyl (C=O) groups excluding carboxylic acids is 1. The Kier molecular flexibility index (Phi) is 7.09. The molecular weight excluding hydrogens is 184 g/mol. The standard InChI is InChI=1S/C9H20N2OS/c1-4-11(3)9(12)7-13-8(2)5-6-10/h8H,4-7,10H2,1-3H3. The molecule has 0 heterocycles. The third kappa shape index (κ3) is 5.93. The molecule has 0 saturated carbocycles. The highest BCUT2D eigenvalue weighted by atomic mass is 32.2. The normalized spacial score (nSPS) is 12.6. The summed E-state index contributed by atoms with van der Waals surface area (Å²) in [6, 6.07) is 0. The summed E-state index contributed by atoms with van der Waals surface area (Å²) in [5.74, 6) is 0.780. The van der Waals surface area contributed by atoms with Gasteiger partial charge < -0.3 is 10.6 Å². The molecule has 0 aliphatic heterocycles. The second-order valence-corrected chi connectivity index (χ2v) is 4.53. The predicted molar refractivity (Wildman–Crippen MR) is 58.9 cm³/mol. The highest BCUT2D eigenvalue weighted by Crippen LogP contribution is 2.13. The molecule has 0 aliphatic carbocycles. The van der Waals surface area contributed by atoms with Gasteiger partial charge in [-0.3, -0.25) is 4.79 Å². The Morgan fingerprint density at radius 2 is 2.23 bits per heavy atom. The van der Waals surface area contributed by atoms with Crippen molar-refractivity contribution in [3.8, 4) is 0 Å². The van der Waals surface area contributed by atoms with Gasteiger partial charge in [0.2, 0.25) is 5.91 Å². The molecule has 0 aromatic heterocycles. The van der Waals surface area contributed by atoms with Gasteiger partial charge in [0.1, 0.15) is 0 Å². The number of amides is 1. The Morgan fingerprint density at radius 1 is 1.62 bits per heavy atom. The van der Waals surface area contributed by atoms with Gasteiger partial charge >= 0.3 is 0 Å². The first kappa shape index (κ1) is 12.8. The molecule has 0 bridgehead atoms. The maximum absolute atomic E-state index is 11.4. The summed E-state index contributed by atoms with van der Waals surface area (Å²) in [6.07, 6.45) is 0.980. The number of carbonyl (C=O) groups is 1. The van der Waals surface area contributed by atoms with E-state index in [9.17, 15) is 4.79 Å². The van der Waals surface area contributed by atoms with E-state index >= 15 is 0 Å². The third-order valence-electron chi connectivity index (χ3n) is 1.96. The molecule has 2 N–H and O–H groups in total. The van der Waals surface area contributed by atoms with Crippen molar-refractivity contribution in [3.63, 3.8) is 0 Å². The van der Waals surface area contributed by atoms with Crippen LogP contribution in [0.2, 0.25) is 0 Å². The van der Waals surface area contributed by atoms with Crippen molar-refractivity contribution in [2.75, 3.05) is 25.9 Å². The molecule has 0 radical (unpaired) electrons. The number of nitrogens with zero attached hydrogens (tertiary/aromatic N) is 1. The van der Waals surface area contributed by atoms with Crippen molar-refractivity contribution < 1.29 is 4.79 Å². The summed E-state index contributed by atoms with van der Waals surface area (Å²) in [5.41, 5.74) is 5.41. The first-order valence-electron chi connectivity index (χ1n) is 4.67. The highest BCUT2D eigenvalue weighted by Gasteiger charge is 2.09. The van der Waals surface area contributed by atoms with Gasteiger partial charge in [0, 0.05) is 18.8 Å². The second-order valence-electron chi connectivity index (χ2n) is 3.11. The van der Waals surface area contributed by atoms with Crippen molar-refractivity contribution in [3.05, 3.63) is 0 Å². The van der Waals surface area contributed by atoms with Crippen LogP contribution in [0.1, 0.15) is 20.3 Å². The minimum Gasteiger partial charge on any atom is -0.345 e. The van der Waals surface area contributed by atoms with E-state index in [1.807, 2.05) is 14.0 Å². The van der Waals surface area contributed by atoms with Crippen molar-refractivity contribution in [1.82, 2.24) is 4.90 Å². The number of nitrogens with two attached hydrogens (primary N) is 1. The van der Waals surface area contributed by atoms with Crippen LogP contribution in [0.25, 0.3) is 0 Å². The van der Waals surface area contributed by atoms with Gasteiger partial charge in [-0.25, -0.2) is 0 Å². The molecule has 0 rings (SSSR count). The Labute approximate surface area is 85.0 Å². The van der Waals surface area contributed by atoms with Crippen LogP contribution in [0.15, 0.2) is 0 Å². The van der Waals surface area contributed by atoms with Gasteiger partial charge in [0.25, 0.3) is 0 Å². The molecule has 0 spiro atoms. The molecule has 0 saturated heterocycles. The minimum atomic E-state index is 0.205. The summed E-state index contributed by atoms with van der Waals surface area (Å²) in [6.45, 7) is 5.57. The lowest BCUT2D eigenvalue weighted by atomic mass is 10.3. The predicted octanol–water partition coefficient (Wildman–Crippen LogP) is 0.935. The number of hydrogen-bond donors (Lipinski definition) is 1. The third-order valence-corrected chi connectivity index (χ3v) is 3.18. The molecule has 4 heteroatoms. The van der Waals surface area contributed by atoms with Crippen molar-refractivity contribution in [2.45, 2.75) is 25.5 Å². The molecule has 0 aromatic rings. The van der Waals surface area contributed by atoms with E-state index in [4.69, 9.17) is 5.73 Å². The van der Waals surface area contributed by atoms with Crippen LogP contribution < -0.4 is 5.73 Å². The summed E-state index contributed by atoms with van der Waals surface area (Å²) in [5, 5.41) is 0.485. The largest absolute Gasteiger partial charge is 0.345 e. The lowest BCUT2D eigenvalue weighted by Gasteiger charge is -2.15. The zero-order valence-electron chi connectivity index (χ0n) is 8.75. The van der Waals surface area contributed by atoms with Gasteiger partial charge in [-0.1, -0.05) is 6.92 Å². The minimum absolute atomic E-state index is 0.205. The zero-order chi connectivity index (χ0) is 10.3. The molecule has 1 amide bonds. The Hall–Kier alpha value is -0.220. The Balaban J connectivity index is 3.57. The molecule has 0 aromatic carbocycles. The lowest BCUT2D eigenvalue weighted by Crippen LogP contribution is -2.28. The van der Waals surface area contributed by atoms with Crippen LogP contribution in [-0.4, -0.2) is 41.9 Å². The van der Waals surface area contributed by atoms with Crippen LogP contribution in [0.3, 0.4) is 0 Å². The fraction of sp³-hybridized carbons (Fsp3) is 0.889. The van der Waals surface area contributed by atoms with Gasteiger partial charge in [-0.15, -0.1) is 11.8 Å². The average molecular weight is 204 g/mol. The quantitative estimate of drug-likeness (QED) is 0.700. The Bertz CT molecular complexity index is 153. The molecular formula is C9H20N2OS. The Morgan fingerprint density at radius 3 is 2.69 bits per heavy atom. The number of rotatable bonds is 6. The van der Waals surface area contributed by atoms with Gasteiger partial charge in [0.05, 0.1) is 5.75 Å². The molecule has 3 nitrogen and oxygen atoms in total. The molecule has 0 aliphatic rings. The summed E-state index contributed by atoms with van der Waals surface area (Å²) in [4.78, 5) is 13.1. The number of hydrogen-bond acceptors (Lipinski definition) is 3. The summed E-state index contributed by atoms with van der Waals surface area (Å²) in [7, 11) is 1.83. The van der Waals surface area contributed by atoms with Gasteiger partial charge in [-0.05, 0) is 19.9 Å². The highest BCUT2D eigenvalue weighted by molar-refractivity contribution is 8.00. The maximum Gasteiger partial charge on any atom is 0.232 e. The molecule has 13 heavy (non-hydrogen) atoms. The van der Waals surface area contributed by atoms with E-state index in [0.29, 0.717) is 17.5 Å². The van der Waals surface area contributed by atoms with Crippen LogP contribution in [0.4, 0.5) is 0 Å². The zero-order valence-corrected chi connectivity index (χ0v) is 9.56. The van der Waals surface area contributed by atoms with E-state index in [1.165, 1.54) is 0 Å². The van der Waals surface area contributed by atoms with Crippen LogP contribution in [0.5, 0.6) is 0 Å². The van der Waals surface area contributed by atoms with Crippen LogP contribution >= 0.6 is 11.8 Å². The van der Waals surface area contributed by atoms with Crippen molar-refractivity contribution in [1.29, 1.82) is 0 Å². The summed E-state index contributed by atoms with van der Waals surface area (Å²) < 4.78 is 0. The number of thioether (sulfide) groups is 1. The average Bonchev–Trinajstić information content (AvgIpc) is 2.13. The van der Waals surface area contributed by atoms with Gasteiger partial charge in [0.15, 0.2) is 0 Å². The fourth-order valence-corrected chi connectivity index (χ4v) is 1.77. The van der Waals surface area contributed by atoms with E-state index in [2.05, 4.69) is 6.92 Å². The summed E-state index contributed by atoms with van der Waals surface area (Å²) >= 11 is 1.68. The lowest BCUT2D eigenvalue weighted by molar-refractivity contribution is -0.126. The van der Waals surface area contributed by atoms with Crippen LogP contribution in [-0.2, 0) is 4.79 Å². The topological polar surface area (TPSA) is 46.3 Å². The molecule has 1 atom stereocenters. The molecule has 1 unspecified atom stereocenters. The van der Waals surface area contributed by atoms with E-state index < -0.39 is 0 Å². The van der Waals surface area contributed by atoms with E-state index in [0.717, 1.165) is 13.0 Å². The smallest absolute Gasteiger partial charge is 0.232 e. The first-order valence-corrected chi connectivity index (χ1v) is 5.72. The van der Waals surface area contributed by atoms with Crippen LogP contribution in [0, 0.1) is 0 Å². The SMILES string of the molecule is CCN(C)C(=O)CSC(C)CCN. The van der Waals surface area contributed by atoms with Gasteiger partial charge in [-0.2, -0.15) is 0 Å². The van der Waals surface area contributed by atoms with Crippen molar-refractivity contribution in [2.24, 2.45) is 5.73 Å². The molecule has 0 fully saturated rings. The fourth-order valence-electron chi connectivity index (χ4n) is 0.818. The molecule has 78 valence electrons. The van der Waals surface area contributed by atoms with E-state index in [-0.39, 0.29) is 5.91 Å². The second kappa shape index (κ2) is 7.21. The van der Waals surface area contributed by atoms with E-state index in [1.54, 1.807) is 16.7 Å². The maximum atomic E-state index is 11.4.